The van der Waals surface area contributed by atoms with E-state index in [2.05, 4.69) is 72.0 Å². The second-order valence-electron chi connectivity index (χ2n) is 11.3. The molecule has 7 rings (SSSR count). The van der Waals surface area contributed by atoms with E-state index in [1.165, 1.54) is 5.56 Å². The van der Waals surface area contributed by atoms with E-state index in [-0.39, 0.29) is 21.1 Å². The van der Waals surface area contributed by atoms with Crippen LogP contribution in [-0.2, 0) is 21.1 Å². The maximum atomic E-state index is 6.35. The van der Waals surface area contributed by atoms with Crippen LogP contribution in [0.4, 0.5) is 0 Å². The number of aryl methyl sites for hydroxylation is 1. The van der Waals surface area contributed by atoms with Gasteiger partial charge in [0.15, 0.2) is 0 Å². The summed E-state index contributed by atoms with van der Waals surface area (Å²) in [6.45, 7) is 6.39. The monoisotopic (exact) mass is 787 g/mol. The standard InChI is InChI=1S/C38H32N4O3.Pt/c1-24(2)26-15-16-39-37(19-26)42-33-12-7-6-11-31(33)32-14-13-30(21-34(32)42)45-29-10-8-9-28(20-29)41-23-27(22-40-41)38-35(43-4)17-25(3)18-36(38)44-5;/h6-19,22-24H,1-5H3;/q-2;+2. The van der Waals surface area contributed by atoms with E-state index in [9.17, 15) is 0 Å². The van der Waals surface area contributed by atoms with E-state index in [1.54, 1.807) is 25.1 Å². The third-order valence-corrected chi connectivity index (χ3v) is 7.96. The summed E-state index contributed by atoms with van der Waals surface area (Å²) >= 11 is 0. The summed E-state index contributed by atoms with van der Waals surface area (Å²) in [6, 6.07) is 33.2. The molecule has 0 amide bonds. The number of methoxy groups -OCH3 is 2. The quantitative estimate of drug-likeness (QED) is 0.144. The van der Waals surface area contributed by atoms with Crippen LogP contribution in [-0.4, -0.2) is 33.6 Å². The molecule has 8 heteroatoms. The maximum Gasteiger partial charge on any atom is 2.00 e. The largest absolute Gasteiger partial charge is 2.00 e. The number of benzene rings is 4. The van der Waals surface area contributed by atoms with Crippen LogP contribution in [0.25, 0.3) is 44.4 Å². The molecule has 0 bridgehead atoms. The smallest absolute Gasteiger partial charge is 0.509 e. The first-order chi connectivity index (χ1) is 21.9. The van der Waals surface area contributed by atoms with E-state index in [4.69, 9.17) is 19.2 Å². The van der Waals surface area contributed by atoms with Gasteiger partial charge in [0.05, 0.1) is 26.0 Å². The number of hydrogen-bond acceptors (Lipinski definition) is 5. The van der Waals surface area contributed by atoms with Crippen LogP contribution in [0.15, 0.2) is 97.5 Å². The summed E-state index contributed by atoms with van der Waals surface area (Å²) in [6.07, 6.45) is 5.60. The van der Waals surface area contributed by atoms with Gasteiger partial charge in [0, 0.05) is 35.0 Å². The third kappa shape index (κ3) is 5.67. The van der Waals surface area contributed by atoms with Gasteiger partial charge in [0.1, 0.15) is 17.3 Å². The van der Waals surface area contributed by atoms with Gasteiger partial charge in [0.25, 0.3) is 0 Å². The van der Waals surface area contributed by atoms with Gasteiger partial charge in [-0.1, -0.05) is 37.6 Å². The number of nitrogens with zero attached hydrogens (tertiary/aromatic N) is 4. The molecule has 0 radical (unpaired) electrons. The molecule has 0 atom stereocenters. The first kappa shape index (κ1) is 31.1. The second-order valence-corrected chi connectivity index (χ2v) is 11.3. The molecule has 46 heavy (non-hydrogen) atoms. The Balaban J connectivity index is 0.00000372. The van der Waals surface area contributed by atoms with Gasteiger partial charge in [-0.25, -0.2) is 4.98 Å². The predicted molar refractivity (Wildman–Crippen MR) is 177 cm³/mol. The molecule has 7 nitrogen and oxygen atoms in total. The Morgan fingerprint density at radius 3 is 2.33 bits per heavy atom. The number of ether oxygens (including phenoxy) is 3. The zero-order valence-corrected chi connectivity index (χ0v) is 28.4. The SMILES string of the molecule is COc1cc(C)cc(OC)c1-c1cnn(-c2[c-]c(Oc3[c-]c4c(cc3)c3ccccc3n4-c3cc(C(C)C)ccn3)ccc2)c1.[Pt+2]. The first-order valence-corrected chi connectivity index (χ1v) is 14.8. The predicted octanol–water partition coefficient (Wildman–Crippen LogP) is 8.87. The van der Waals surface area contributed by atoms with Crippen molar-refractivity contribution >= 4 is 21.8 Å². The first-order valence-electron chi connectivity index (χ1n) is 14.8. The molecule has 232 valence electrons. The molecular formula is C38H32N4O3Pt. The number of aromatic nitrogens is 4. The van der Waals surface area contributed by atoms with Crippen molar-refractivity contribution < 1.29 is 35.3 Å². The number of hydrogen-bond donors (Lipinski definition) is 0. The Labute approximate surface area is 282 Å². The number of para-hydroxylation sites is 1. The van der Waals surface area contributed by atoms with Crippen LogP contribution in [0.5, 0.6) is 23.0 Å². The molecule has 0 saturated carbocycles. The average molecular weight is 788 g/mol. The van der Waals surface area contributed by atoms with E-state index in [0.717, 1.165) is 61.5 Å². The summed E-state index contributed by atoms with van der Waals surface area (Å²) in [7, 11) is 3.31. The Morgan fingerprint density at radius 1 is 0.804 bits per heavy atom. The van der Waals surface area contributed by atoms with Crippen molar-refractivity contribution in [1.29, 1.82) is 0 Å². The van der Waals surface area contributed by atoms with Crippen LogP contribution in [0.1, 0.15) is 30.9 Å². The minimum Gasteiger partial charge on any atom is -0.509 e. The minimum absolute atomic E-state index is 0. The summed E-state index contributed by atoms with van der Waals surface area (Å²) in [5, 5.41) is 6.83. The number of fused-ring (bicyclic) bond motifs is 3. The molecule has 0 spiro atoms. The van der Waals surface area contributed by atoms with Crippen molar-refractivity contribution in [3.8, 4) is 45.6 Å². The molecule has 0 aliphatic carbocycles. The van der Waals surface area contributed by atoms with Gasteiger partial charge in [-0.15, -0.1) is 35.7 Å². The molecule has 3 heterocycles. The van der Waals surface area contributed by atoms with E-state index >= 15 is 0 Å². The van der Waals surface area contributed by atoms with Crippen molar-refractivity contribution in [1.82, 2.24) is 19.3 Å². The third-order valence-electron chi connectivity index (χ3n) is 7.96. The molecule has 0 aliphatic rings. The Morgan fingerprint density at radius 2 is 1.57 bits per heavy atom. The molecule has 0 saturated heterocycles. The topological polar surface area (TPSA) is 63.3 Å². The van der Waals surface area contributed by atoms with E-state index in [0.29, 0.717) is 17.4 Å². The normalized spacial score (nSPS) is 11.2. The summed E-state index contributed by atoms with van der Waals surface area (Å²) in [4.78, 5) is 4.74. The van der Waals surface area contributed by atoms with Crippen LogP contribution in [0, 0.1) is 19.1 Å². The van der Waals surface area contributed by atoms with Crippen LogP contribution < -0.4 is 14.2 Å². The van der Waals surface area contributed by atoms with Gasteiger partial charge < -0.3 is 18.8 Å². The van der Waals surface area contributed by atoms with Crippen molar-refractivity contribution in [2.75, 3.05) is 14.2 Å². The number of pyridine rings is 1. The molecular weight excluding hydrogens is 756 g/mol. The fraction of sp³-hybridized carbons (Fsp3) is 0.158. The molecule has 0 aliphatic heterocycles. The van der Waals surface area contributed by atoms with E-state index in [1.807, 2.05) is 61.8 Å². The van der Waals surface area contributed by atoms with Crippen LogP contribution in [0.2, 0.25) is 0 Å². The van der Waals surface area contributed by atoms with Crippen molar-refractivity contribution in [3.05, 3.63) is 121 Å². The Bertz CT molecular complexity index is 2160. The van der Waals surface area contributed by atoms with Crippen LogP contribution in [0.3, 0.4) is 0 Å². The number of rotatable bonds is 8. The molecule has 0 N–H and O–H groups in total. The minimum atomic E-state index is 0. The fourth-order valence-electron chi connectivity index (χ4n) is 5.75. The fourth-order valence-corrected chi connectivity index (χ4v) is 5.75. The maximum absolute atomic E-state index is 6.35. The molecule has 4 aromatic carbocycles. The molecule has 7 aromatic rings. The zero-order chi connectivity index (χ0) is 31.1. The van der Waals surface area contributed by atoms with Gasteiger partial charge in [0.2, 0.25) is 0 Å². The molecule has 0 unspecified atom stereocenters. The molecule has 3 aromatic heterocycles. The van der Waals surface area contributed by atoms with Gasteiger partial charge in [-0.2, -0.15) is 17.2 Å². The Hall–Kier alpha value is -4.87. The molecule has 0 fully saturated rings. The van der Waals surface area contributed by atoms with Crippen molar-refractivity contribution in [2.45, 2.75) is 26.7 Å². The second kappa shape index (κ2) is 12.9. The van der Waals surface area contributed by atoms with Gasteiger partial charge >= 0.3 is 21.1 Å². The van der Waals surface area contributed by atoms with Crippen molar-refractivity contribution in [3.63, 3.8) is 0 Å². The van der Waals surface area contributed by atoms with Gasteiger partial charge in [-0.3, -0.25) is 4.68 Å². The zero-order valence-electron chi connectivity index (χ0n) is 26.1. The van der Waals surface area contributed by atoms with Crippen molar-refractivity contribution in [2.24, 2.45) is 0 Å². The summed E-state index contributed by atoms with van der Waals surface area (Å²) in [5.74, 6) is 3.82. The average Bonchev–Trinajstić information content (AvgIpc) is 3.67. The van der Waals surface area contributed by atoms with E-state index < -0.39 is 0 Å². The van der Waals surface area contributed by atoms with Gasteiger partial charge in [-0.05, 0) is 65.4 Å². The summed E-state index contributed by atoms with van der Waals surface area (Å²) < 4.78 is 21.6. The summed E-state index contributed by atoms with van der Waals surface area (Å²) in [5.41, 5.74) is 6.68. The van der Waals surface area contributed by atoms with Crippen LogP contribution >= 0.6 is 0 Å². The Kier molecular flexibility index (Phi) is 8.70.